The van der Waals surface area contributed by atoms with Crippen LogP contribution in [0.5, 0.6) is 0 Å². The highest BCUT2D eigenvalue weighted by molar-refractivity contribution is 6.33. The fourth-order valence-corrected chi connectivity index (χ4v) is 3.15. The molecule has 1 N–H and O–H groups in total. The van der Waals surface area contributed by atoms with Gasteiger partial charge in [0, 0.05) is 32.8 Å². The molecule has 3 heterocycles. The van der Waals surface area contributed by atoms with E-state index in [1.165, 1.54) is 6.20 Å². The van der Waals surface area contributed by atoms with Crippen LogP contribution in [0.1, 0.15) is 12.8 Å². The zero-order chi connectivity index (χ0) is 15.5. The number of aromatic nitrogens is 2. The van der Waals surface area contributed by atoms with E-state index in [-0.39, 0.29) is 17.5 Å². The number of piperazine rings is 1. The first-order valence-electron chi connectivity index (χ1n) is 7.49. The number of hydrogen-bond donors (Lipinski definition) is 1. The molecule has 0 atom stereocenters. The van der Waals surface area contributed by atoms with Crippen molar-refractivity contribution in [2.75, 3.05) is 44.3 Å². The summed E-state index contributed by atoms with van der Waals surface area (Å²) in [5, 5.41) is 6.12. The van der Waals surface area contributed by atoms with Crippen LogP contribution in [-0.4, -0.2) is 60.4 Å². The average molecular weight is 327 g/mol. The number of aromatic amines is 1. The third-order valence-corrected chi connectivity index (χ3v) is 4.62. The number of nitrogens with one attached hydrogen (secondary N) is 1. The minimum Gasteiger partial charge on any atom is -0.381 e. The fraction of sp³-hybridized carbons (Fsp3) is 0.643. The Labute approximate surface area is 133 Å². The van der Waals surface area contributed by atoms with Gasteiger partial charge in [-0.3, -0.25) is 9.59 Å². The van der Waals surface area contributed by atoms with Crippen molar-refractivity contribution in [1.82, 2.24) is 15.1 Å². The highest BCUT2D eigenvalue weighted by Gasteiger charge is 2.28. The largest absolute Gasteiger partial charge is 0.381 e. The summed E-state index contributed by atoms with van der Waals surface area (Å²) < 4.78 is 5.35. The SMILES string of the molecule is O=C1CN(c2cn[nH]c(=O)c2Cl)CCN1CC1CCOCC1. The van der Waals surface area contributed by atoms with E-state index in [1.54, 1.807) is 0 Å². The van der Waals surface area contributed by atoms with Crippen molar-refractivity contribution in [3.8, 4) is 0 Å². The van der Waals surface area contributed by atoms with Crippen LogP contribution >= 0.6 is 11.6 Å². The molecule has 3 rings (SSSR count). The Morgan fingerprint density at radius 2 is 2.09 bits per heavy atom. The molecule has 7 nitrogen and oxygen atoms in total. The van der Waals surface area contributed by atoms with Crippen molar-refractivity contribution >= 4 is 23.2 Å². The lowest BCUT2D eigenvalue weighted by Crippen LogP contribution is -2.52. The zero-order valence-electron chi connectivity index (χ0n) is 12.3. The highest BCUT2D eigenvalue weighted by atomic mass is 35.5. The van der Waals surface area contributed by atoms with Crippen molar-refractivity contribution in [3.63, 3.8) is 0 Å². The molecule has 0 saturated carbocycles. The number of rotatable bonds is 3. The first-order chi connectivity index (χ1) is 10.6. The Kier molecular flexibility index (Phi) is 4.63. The first-order valence-corrected chi connectivity index (χ1v) is 7.86. The second-order valence-electron chi connectivity index (χ2n) is 5.72. The topological polar surface area (TPSA) is 78.5 Å². The van der Waals surface area contributed by atoms with Gasteiger partial charge in [0.15, 0.2) is 0 Å². The molecule has 1 aromatic rings. The maximum absolute atomic E-state index is 12.4. The van der Waals surface area contributed by atoms with Gasteiger partial charge in [-0.05, 0) is 18.8 Å². The molecule has 0 bridgehead atoms. The average Bonchev–Trinajstić information content (AvgIpc) is 2.53. The van der Waals surface area contributed by atoms with E-state index in [4.69, 9.17) is 16.3 Å². The van der Waals surface area contributed by atoms with Gasteiger partial charge in [0.1, 0.15) is 5.02 Å². The number of halogens is 1. The lowest BCUT2D eigenvalue weighted by Gasteiger charge is -2.37. The summed E-state index contributed by atoms with van der Waals surface area (Å²) in [5.41, 5.74) is 0.0840. The predicted octanol–water partition coefficient (Wildman–Crippen LogP) is 0.498. The van der Waals surface area contributed by atoms with Crippen LogP contribution in [0.4, 0.5) is 5.69 Å². The molecule has 1 aromatic heterocycles. The minimum atomic E-state index is -0.434. The molecule has 2 fully saturated rings. The summed E-state index contributed by atoms with van der Waals surface area (Å²) in [5.74, 6) is 0.586. The number of hydrogen-bond acceptors (Lipinski definition) is 5. The summed E-state index contributed by atoms with van der Waals surface area (Å²) in [4.78, 5) is 27.6. The summed E-state index contributed by atoms with van der Waals surface area (Å²) in [6.07, 6.45) is 3.51. The van der Waals surface area contributed by atoms with E-state index in [9.17, 15) is 9.59 Å². The Balaban J connectivity index is 1.63. The monoisotopic (exact) mass is 326 g/mol. The molecule has 0 aliphatic carbocycles. The van der Waals surface area contributed by atoms with E-state index < -0.39 is 5.56 Å². The number of carbonyl (C=O) groups excluding carboxylic acids is 1. The van der Waals surface area contributed by atoms with Crippen molar-refractivity contribution in [1.29, 1.82) is 0 Å². The van der Waals surface area contributed by atoms with Crippen LogP contribution < -0.4 is 10.5 Å². The zero-order valence-corrected chi connectivity index (χ0v) is 13.0. The molecule has 1 amide bonds. The Hall–Kier alpha value is -1.60. The number of ether oxygens (including phenoxy) is 1. The van der Waals surface area contributed by atoms with E-state index >= 15 is 0 Å². The Bertz CT molecular complexity index is 600. The van der Waals surface area contributed by atoms with Gasteiger partial charge in [-0.1, -0.05) is 11.6 Å². The van der Waals surface area contributed by atoms with Crippen molar-refractivity contribution in [2.24, 2.45) is 5.92 Å². The molecular formula is C14H19ClN4O3. The number of nitrogens with zero attached hydrogens (tertiary/aromatic N) is 3. The van der Waals surface area contributed by atoms with E-state index in [0.717, 1.165) is 32.6 Å². The molecule has 120 valence electrons. The van der Waals surface area contributed by atoms with Crippen LogP contribution in [0.25, 0.3) is 0 Å². The lowest BCUT2D eigenvalue weighted by atomic mass is 9.99. The van der Waals surface area contributed by atoms with Gasteiger partial charge in [-0.15, -0.1) is 0 Å². The minimum absolute atomic E-state index is 0.0640. The smallest absolute Gasteiger partial charge is 0.285 e. The molecule has 2 aliphatic rings. The van der Waals surface area contributed by atoms with Gasteiger partial charge in [-0.2, -0.15) is 5.10 Å². The van der Waals surface area contributed by atoms with Crippen LogP contribution in [0.15, 0.2) is 11.0 Å². The number of amides is 1. The summed E-state index contributed by atoms with van der Waals surface area (Å²) >= 11 is 6.00. The first kappa shape index (κ1) is 15.3. The van der Waals surface area contributed by atoms with Gasteiger partial charge in [0.2, 0.25) is 5.91 Å². The molecule has 0 aromatic carbocycles. The van der Waals surface area contributed by atoms with Gasteiger partial charge in [0.25, 0.3) is 5.56 Å². The van der Waals surface area contributed by atoms with Crippen LogP contribution in [0.2, 0.25) is 5.02 Å². The van der Waals surface area contributed by atoms with Gasteiger partial charge in [0.05, 0.1) is 18.4 Å². The normalized spacial score (nSPS) is 20.5. The molecule has 0 spiro atoms. The second kappa shape index (κ2) is 6.66. The van der Waals surface area contributed by atoms with Gasteiger partial charge >= 0.3 is 0 Å². The summed E-state index contributed by atoms with van der Waals surface area (Å²) in [6, 6.07) is 0. The third kappa shape index (κ3) is 3.25. The Morgan fingerprint density at radius 3 is 2.82 bits per heavy atom. The summed E-state index contributed by atoms with van der Waals surface area (Å²) in [7, 11) is 0. The number of H-pyrrole nitrogens is 1. The van der Waals surface area contributed by atoms with E-state index in [2.05, 4.69) is 10.2 Å². The molecule has 2 saturated heterocycles. The van der Waals surface area contributed by atoms with Crippen molar-refractivity contribution in [2.45, 2.75) is 12.8 Å². The van der Waals surface area contributed by atoms with Crippen molar-refractivity contribution in [3.05, 3.63) is 21.6 Å². The lowest BCUT2D eigenvalue weighted by molar-refractivity contribution is -0.132. The highest BCUT2D eigenvalue weighted by Crippen LogP contribution is 2.23. The Morgan fingerprint density at radius 1 is 1.32 bits per heavy atom. The molecular weight excluding hydrogens is 308 g/mol. The molecule has 8 heteroatoms. The maximum Gasteiger partial charge on any atom is 0.285 e. The van der Waals surface area contributed by atoms with Gasteiger partial charge in [-0.25, -0.2) is 5.10 Å². The molecule has 0 unspecified atom stereocenters. The fourth-order valence-electron chi connectivity index (χ4n) is 2.94. The standard InChI is InChI=1S/C14H19ClN4O3/c15-13-11(7-16-17-14(13)21)18-3-4-19(12(20)9-18)8-10-1-5-22-6-2-10/h7,10H,1-6,8-9H2,(H,17,21). The van der Waals surface area contributed by atoms with Gasteiger partial charge < -0.3 is 14.5 Å². The van der Waals surface area contributed by atoms with E-state index in [1.807, 2.05) is 9.80 Å². The predicted molar refractivity (Wildman–Crippen MR) is 82.2 cm³/mol. The van der Waals surface area contributed by atoms with E-state index in [0.29, 0.717) is 24.7 Å². The molecule has 22 heavy (non-hydrogen) atoms. The van der Waals surface area contributed by atoms with Crippen molar-refractivity contribution < 1.29 is 9.53 Å². The number of carbonyl (C=O) groups is 1. The van der Waals surface area contributed by atoms with Crippen LogP contribution in [0.3, 0.4) is 0 Å². The van der Waals surface area contributed by atoms with Crippen LogP contribution in [0, 0.1) is 5.92 Å². The quantitative estimate of drug-likeness (QED) is 0.875. The summed E-state index contributed by atoms with van der Waals surface area (Å²) in [6.45, 7) is 3.88. The number of anilines is 1. The maximum atomic E-state index is 12.4. The second-order valence-corrected chi connectivity index (χ2v) is 6.09. The third-order valence-electron chi connectivity index (χ3n) is 4.26. The van der Waals surface area contributed by atoms with Crippen LogP contribution in [-0.2, 0) is 9.53 Å². The molecule has 2 aliphatic heterocycles. The molecule has 0 radical (unpaired) electrons.